The number of benzene rings is 2. The average Bonchev–Trinajstić information content (AvgIpc) is 3.90. The maximum absolute atomic E-state index is 16.8. The number of nitrogens with one attached hydrogen (secondary N) is 2. The molecular formula is C37H36F4N8O2. The molecule has 51 heavy (non-hydrogen) atoms. The minimum Gasteiger partial charge on any atom is -0.461 e. The Hall–Kier alpha value is -5.53. The van der Waals surface area contributed by atoms with Gasteiger partial charge in [-0.05, 0) is 36.1 Å². The zero-order valence-corrected chi connectivity index (χ0v) is 28.3. The number of aromatic nitrogens is 7. The van der Waals surface area contributed by atoms with Crippen molar-refractivity contribution in [3.63, 3.8) is 0 Å². The summed E-state index contributed by atoms with van der Waals surface area (Å²) in [4.78, 5) is 33.0. The van der Waals surface area contributed by atoms with Gasteiger partial charge in [0.25, 0.3) is 0 Å². The van der Waals surface area contributed by atoms with Crippen LogP contribution in [-0.2, 0) is 54.5 Å². The van der Waals surface area contributed by atoms with Gasteiger partial charge in [-0.3, -0.25) is 4.79 Å². The Morgan fingerprint density at radius 3 is 2.45 bits per heavy atom. The Balaban J connectivity index is 1.32. The Morgan fingerprint density at radius 2 is 1.78 bits per heavy atom. The van der Waals surface area contributed by atoms with Crippen molar-refractivity contribution in [2.75, 3.05) is 11.4 Å². The zero-order valence-electron chi connectivity index (χ0n) is 28.3. The highest BCUT2D eigenvalue weighted by Gasteiger charge is 2.34. The van der Waals surface area contributed by atoms with Gasteiger partial charge < -0.3 is 19.6 Å². The van der Waals surface area contributed by atoms with Gasteiger partial charge in [-0.1, -0.05) is 39.0 Å². The topological polar surface area (TPSA) is 118 Å². The third-order valence-corrected chi connectivity index (χ3v) is 9.43. The first-order chi connectivity index (χ1) is 24.6. The van der Waals surface area contributed by atoms with Crippen LogP contribution in [0.2, 0.25) is 0 Å². The molecule has 1 atom stereocenters. The molecule has 2 N–H and O–H groups in total. The first-order valence-corrected chi connectivity index (χ1v) is 16.9. The molecule has 7 rings (SSSR count). The second kappa shape index (κ2) is 13.6. The number of hydrogen-bond acceptors (Lipinski definition) is 7. The molecule has 2 aromatic carbocycles. The van der Waals surface area contributed by atoms with E-state index in [0.717, 1.165) is 46.2 Å². The Bertz CT molecular complexity index is 2170. The number of carbonyl (C=O) groups is 1. The predicted octanol–water partition coefficient (Wildman–Crippen LogP) is 7.30. The molecule has 1 aliphatic heterocycles. The smallest absolute Gasteiger partial charge is 0.419 e. The number of esters is 1. The van der Waals surface area contributed by atoms with E-state index in [0.29, 0.717) is 60.0 Å². The first-order valence-electron chi connectivity index (χ1n) is 16.9. The Labute approximate surface area is 290 Å². The lowest BCUT2D eigenvalue weighted by atomic mass is 9.95. The van der Waals surface area contributed by atoms with Crippen molar-refractivity contribution in [3.05, 3.63) is 106 Å². The summed E-state index contributed by atoms with van der Waals surface area (Å²) >= 11 is 0. The number of aromatic amines is 2. The Morgan fingerprint density at radius 1 is 1.04 bits per heavy atom. The van der Waals surface area contributed by atoms with E-state index in [1.165, 1.54) is 6.07 Å². The van der Waals surface area contributed by atoms with Crippen molar-refractivity contribution in [1.82, 2.24) is 34.7 Å². The van der Waals surface area contributed by atoms with Crippen LogP contribution < -0.4 is 4.90 Å². The molecule has 0 radical (unpaired) electrons. The van der Waals surface area contributed by atoms with Gasteiger partial charge in [-0.2, -0.15) is 18.3 Å². The summed E-state index contributed by atoms with van der Waals surface area (Å²) in [6, 6.07) is 9.25. The van der Waals surface area contributed by atoms with Gasteiger partial charge in [0.15, 0.2) is 0 Å². The highest BCUT2D eigenvalue weighted by molar-refractivity contribution is 5.98. The molecule has 4 aromatic heterocycles. The van der Waals surface area contributed by atoms with Crippen LogP contribution in [-0.4, -0.2) is 47.2 Å². The number of imidazole rings is 1. The van der Waals surface area contributed by atoms with E-state index >= 15 is 4.39 Å². The molecule has 5 heterocycles. The summed E-state index contributed by atoms with van der Waals surface area (Å²) in [6.45, 7) is 6.35. The van der Waals surface area contributed by atoms with Crippen LogP contribution in [0, 0.1) is 11.7 Å². The molecule has 14 heteroatoms. The van der Waals surface area contributed by atoms with E-state index in [9.17, 15) is 18.0 Å². The van der Waals surface area contributed by atoms with Crippen LogP contribution >= 0.6 is 0 Å². The molecular weight excluding hydrogens is 664 g/mol. The highest BCUT2D eigenvalue weighted by atomic mass is 19.4. The SMILES string of the molecule is CCc1cccc(CC)c1-n1nc2c(c1-c1c(F)cc(COC(=O)[C@@H](C)Cc3cnc[nH]3)c3[nH]ccc13)CN(c1ncc(C(F)(F)F)cn1)CC2. The molecule has 0 spiro atoms. The van der Waals surface area contributed by atoms with Crippen LogP contribution in [0.1, 0.15) is 60.0 Å². The van der Waals surface area contributed by atoms with Crippen molar-refractivity contribution in [1.29, 1.82) is 0 Å². The third kappa shape index (κ3) is 6.46. The molecule has 0 unspecified atom stereocenters. The van der Waals surface area contributed by atoms with Gasteiger partial charge in [0.2, 0.25) is 5.95 Å². The fourth-order valence-corrected chi connectivity index (χ4v) is 6.81. The zero-order chi connectivity index (χ0) is 35.9. The maximum atomic E-state index is 16.8. The number of halogens is 4. The van der Waals surface area contributed by atoms with Gasteiger partial charge in [-0.25, -0.2) is 24.0 Å². The average molecular weight is 701 g/mol. The van der Waals surface area contributed by atoms with Crippen molar-refractivity contribution in [3.8, 4) is 16.9 Å². The highest BCUT2D eigenvalue weighted by Crippen LogP contribution is 2.41. The summed E-state index contributed by atoms with van der Waals surface area (Å²) in [6.07, 6.45) is 4.20. The largest absolute Gasteiger partial charge is 0.461 e. The minimum absolute atomic E-state index is 0.141. The van der Waals surface area contributed by atoms with Crippen molar-refractivity contribution in [2.45, 2.75) is 65.8 Å². The molecule has 1 aliphatic rings. The summed E-state index contributed by atoms with van der Waals surface area (Å²) in [7, 11) is 0. The van der Waals surface area contributed by atoms with Crippen LogP contribution in [0.15, 0.2) is 61.4 Å². The van der Waals surface area contributed by atoms with E-state index in [2.05, 4.69) is 38.8 Å². The number of anilines is 1. The molecule has 0 amide bonds. The lowest BCUT2D eigenvalue weighted by Crippen LogP contribution is -2.31. The van der Waals surface area contributed by atoms with Crippen molar-refractivity contribution >= 4 is 22.8 Å². The monoisotopic (exact) mass is 700 g/mol. The number of ether oxygens (including phenoxy) is 1. The molecule has 0 bridgehead atoms. The number of fused-ring (bicyclic) bond motifs is 2. The third-order valence-electron chi connectivity index (χ3n) is 9.43. The summed E-state index contributed by atoms with van der Waals surface area (Å²) < 4.78 is 64.1. The molecule has 10 nitrogen and oxygen atoms in total. The number of H-pyrrole nitrogens is 2. The summed E-state index contributed by atoms with van der Waals surface area (Å²) in [5.74, 6) is -1.26. The van der Waals surface area contributed by atoms with E-state index in [4.69, 9.17) is 9.84 Å². The fourth-order valence-electron chi connectivity index (χ4n) is 6.81. The Kier molecular flexibility index (Phi) is 9.08. The molecule has 264 valence electrons. The molecule has 0 saturated heterocycles. The normalized spacial score (nSPS) is 13.8. The standard InChI is InChI=1S/C37H36F4N8O2/c1-4-22-7-6-8-23(5-2)33(22)49-34(28-18-48(12-10-30(28)47-49)36-44-15-25(16-45-36)37(39,40)41)31-27-9-11-43-32(27)24(14-29(31)38)19-51-35(50)21(3)13-26-17-42-20-46-26/h6-9,11,14-17,20-21,43H,4-5,10,12-13,18-19H2,1-3H3,(H,42,46)/t21-/m0/s1. The summed E-state index contributed by atoms with van der Waals surface area (Å²) in [5, 5.41) is 5.67. The quantitative estimate of drug-likeness (QED) is 0.114. The number of hydrogen-bond donors (Lipinski definition) is 2. The van der Waals surface area contributed by atoms with Gasteiger partial charge in [-0.15, -0.1) is 0 Å². The van der Waals surface area contributed by atoms with E-state index in [-0.39, 0.29) is 19.1 Å². The van der Waals surface area contributed by atoms with Gasteiger partial charge in [0.05, 0.1) is 40.4 Å². The van der Waals surface area contributed by atoms with Crippen molar-refractivity contribution in [2.24, 2.45) is 5.92 Å². The minimum atomic E-state index is -4.56. The number of para-hydroxylation sites is 1. The van der Waals surface area contributed by atoms with Gasteiger partial charge >= 0.3 is 12.1 Å². The lowest BCUT2D eigenvalue weighted by Gasteiger charge is -2.27. The molecule has 0 fully saturated rings. The van der Waals surface area contributed by atoms with Crippen LogP contribution in [0.3, 0.4) is 0 Å². The number of aryl methyl sites for hydroxylation is 2. The van der Waals surface area contributed by atoms with Gasteiger partial charge in [0, 0.05) is 78.5 Å². The van der Waals surface area contributed by atoms with Gasteiger partial charge in [0.1, 0.15) is 12.4 Å². The fraction of sp³-hybridized carbons (Fsp3) is 0.324. The second-order valence-electron chi connectivity index (χ2n) is 12.7. The maximum Gasteiger partial charge on any atom is 0.419 e. The molecule has 6 aromatic rings. The molecule has 0 aliphatic carbocycles. The summed E-state index contributed by atoms with van der Waals surface area (Å²) in [5.41, 5.74) is 6.24. The number of rotatable bonds is 10. The van der Waals surface area contributed by atoms with E-state index in [1.807, 2.05) is 22.9 Å². The lowest BCUT2D eigenvalue weighted by molar-refractivity contribution is -0.149. The number of carbonyl (C=O) groups excluding carboxylic acids is 1. The van der Waals surface area contributed by atoms with Crippen LogP contribution in [0.25, 0.3) is 27.8 Å². The number of alkyl halides is 3. The second-order valence-corrected chi connectivity index (χ2v) is 12.7. The van der Waals surface area contributed by atoms with Crippen molar-refractivity contribution < 1.29 is 27.1 Å². The molecule has 0 saturated carbocycles. The van der Waals surface area contributed by atoms with Crippen LogP contribution in [0.5, 0.6) is 0 Å². The first kappa shape index (κ1) is 33.9. The van der Waals surface area contributed by atoms with E-state index < -0.39 is 29.4 Å². The van der Waals surface area contributed by atoms with Crippen LogP contribution in [0.4, 0.5) is 23.5 Å². The van der Waals surface area contributed by atoms with E-state index in [1.54, 1.807) is 36.6 Å². The predicted molar refractivity (Wildman–Crippen MR) is 183 cm³/mol. The number of nitrogens with zero attached hydrogens (tertiary/aromatic N) is 6.